The lowest BCUT2D eigenvalue weighted by Crippen LogP contribution is -2.05. The molecule has 0 heterocycles. The van der Waals surface area contributed by atoms with Gasteiger partial charge in [-0.15, -0.1) is 0 Å². The van der Waals surface area contributed by atoms with Crippen LogP contribution in [-0.4, -0.2) is 6.61 Å². The van der Waals surface area contributed by atoms with Gasteiger partial charge >= 0.3 is 0 Å². The molecule has 0 aliphatic rings. The van der Waals surface area contributed by atoms with Crippen molar-refractivity contribution in [1.29, 1.82) is 0 Å². The van der Waals surface area contributed by atoms with Gasteiger partial charge in [0.25, 0.3) is 0 Å². The summed E-state index contributed by atoms with van der Waals surface area (Å²) in [5.41, 5.74) is 6.94. The second kappa shape index (κ2) is 6.77. The molecule has 0 aromatic heterocycles. The highest BCUT2D eigenvalue weighted by Gasteiger charge is 2.07. The van der Waals surface area contributed by atoms with Crippen molar-refractivity contribution in [2.45, 2.75) is 19.9 Å². The lowest BCUT2D eigenvalue weighted by molar-refractivity contribution is 0.339. The summed E-state index contributed by atoms with van der Waals surface area (Å²) in [6.45, 7) is 4.57. The molecule has 4 heteroatoms. The van der Waals surface area contributed by atoms with Crippen LogP contribution in [0.2, 0.25) is 0 Å². The van der Waals surface area contributed by atoms with Gasteiger partial charge in [-0.2, -0.15) is 0 Å². The quantitative estimate of drug-likeness (QED) is 0.864. The highest BCUT2D eigenvalue weighted by molar-refractivity contribution is 9.10. The van der Waals surface area contributed by atoms with Gasteiger partial charge in [0, 0.05) is 10.5 Å². The fourth-order valence-corrected chi connectivity index (χ4v) is 2.57. The molecule has 1 unspecified atom stereocenters. The van der Waals surface area contributed by atoms with Gasteiger partial charge in [-0.05, 0) is 55.8 Å². The highest BCUT2D eigenvalue weighted by atomic mass is 79.9. The minimum Gasteiger partial charge on any atom is -0.494 e. The van der Waals surface area contributed by atoms with E-state index < -0.39 is 0 Å². The van der Waals surface area contributed by atoms with Gasteiger partial charge in [-0.3, -0.25) is 0 Å². The maximum Gasteiger partial charge on any atom is 0.128 e. The van der Waals surface area contributed by atoms with Crippen molar-refractivity contribution in [2.24, 2.45) is 5.73 Å². The van der Waals surface area contributed by atoms with Gasteiger partial charge in [0.1, 0.15) is 17.2 Å². The number of rotatable bonds is 5. The normalized spacial score (nSPS) is 12.0. The second-order valence-electron chi connectivity index (χ2n) is 4.48. The van der Waals surface area contributed by atoms with E-state index in [0.717, 1.165) is 27.3 Å². The van der Waals surface area contributed by atoms with Crippen LogP contribution >= 0.6 is 15.9 Å². The number of benzene rings is 2. The third-order valence-corrected chi connectivity index (χ3v) is 3.52. The lowest BCUT2D eigenvalue weighted by Gasteiger charge is -2.11. The Kier molecular flexibility index (Phi) is 5.04. The van der Waals surface area contributed by atoms with Crippen molar-refractivity contribution in [3.8, 4) is 17.2 Å². The van der Waals surface area contributed by atoms with Crippen molar-refractivity contribution in [1.82, 2.24) is 0 Å². The molecule has 2 N–H and O–H groups in total. The van der Waals surface area contributed by atoms with Gasteiger partial charge in [0.15, 0.2) is 0 Å². The summed E-state index contributed by atoms with van der Waals surface area (Å²) in [7, 11) is 0. The van der Waals surface area contributed by atoms with Gasteiger partial charge in [-0.1, -0.05) is 22.0 Å². The Bertz CT molecular complexity index is 567. The van der Waals surface area contributed by atoms with Crippen LogP contribution in [0.25, 0.3) is 0 Å². The smallest absolute Gasteiger partial charge is 0.128 e. The Morgan fingerprint density at radius 2 is 1.65 bits per heavy atom. The number of ether oxygens (including phenoxy) is 2. The van der Waals surface area contributed by atoms with E-state index in [-0.39, 0.29) is 6.04 Å². The fourth-order valence-electron chi connectivity index (χ4n) is 1.85. The Labute approximate surface area is 127 Å². The number of hydrogen-bond donors (Lipinski definition) is 1. The van der Waals surface area contributed by atoms with Gasteiger partial charge < -0.3 is 15.2 Å². The van der Waals surface area contributed by atoms with Crippen molar-refractivity contribution in [3.63, 3.8) is 0 Å². The molecule has 2 aromatic carbocycles. The molecule has 0 radical (unpaired) electrons. The van der Waals surface area contributed by atoms with Crippen molar-refractivity contribution >= 4 is 15.9 Å². The van der Waals surface area contributed by atoms with E-state index in [1.165, 1.54) is 0 Å². The molecule has 0 saturated heterocycles. The third kappa shape index (κ3) is 3.74. The molecule has 0 spiro atoms. The first-order valence-corrected chi connectivity index (χ1v) is 7.35. The predicted octanol–water partition coefficient (Wildman–Crippen LogP) is 4.66. The molecule has 0 bridgehead atoms. The Hall–Kier alpha value is -1.52. The van der Waals surface area contributed by atoms with Crippen LogP contribution in [-0.2, 0) is 0 Å². The van der Waals surface area contributed by atoms with E-state index in [9.17, 15) is 0 Å². The lowest BCUT2D eigenvalue weighted by atomic mass is 10.1. The summed E-state index contributed by atoms with van der Waals surface area (Å²) >= 11 is 3.51. The molecule has 1 atom stereocenters. The predicted molar refractivity (Wildman–Crippen MR) is 84.4 cm³/mol. The van der Waals surface area contributed by atoms with Crippen LogP contribution < -0.4 is 15.2 Å². The van der Waals surface area contributed by atoms with Crippen LogP contribution in [0.3, 0.4) is 0 Å². The van der Waals surface area contributed by atoms with Gasteiger partial charge in [-0.25, -0.2) is 0 Å². The zero-order valence-electron chi connectivity index (χ0n) is 11.6. The summed E-state index contributed by atoms with van der Waals surface area (Å²) in [5.74, 6) is 2.38. The molecular weight excluding hydrogens is 318 g/mol. The molecule has 20 heavy (non-hydrogen) atoms. The second-order valence-corrected chi connectivity index (χ2v) is 5.33. The molecule has 2 aromatic rings. The van der Waals surface area contributed by atoms with E-state index >= 15 is 0 Å². The molecular formula is C16H18BrNO2. The van der Waals surface area contributed by atoms with Crippen molar-refractivity contribution in [3.05, 3.63) is 52.5 Å². The summed E-state index contributed by atoms with van der Waals surface area (Å²) in [6.07, 6.45) is 0. The Morgan fingerprint density at radius 3 is 2.20 bits per heavy atom. The number of hydrogen-bond acceptors (Lipinski definition) is 3. The summed E-state index contributed by atoms with van der Waals surface area (Å²) in [5, 5.41) is 0. The zero-order chi connectivity index (χ0) is 14.5. The van der Waals surface area contributed by atoms with Crippen LogP contribution in [0.15, 0.2) is 46.9 Å². The van der Waals surface area contributed by atoms with E-state index in [2.05, 4.69) is 15.9 Å². The monoisotopic (exact) mass is 335 g/mol. The number of nitrogens with two attached hydrogens (primary N) is 1. The van der Waals surface area contributed by atoms with Crippen LogP contribution in [0.1, 0.15) is 25.5 Å². The molecule has 0 fully saturated rings. The zero-order valence-corrected chi connectivity index (χ0v) is 13.2. The third-order valence-electron chi connectivity index (χ3n) is 2.83. The van der Waals surface area contributed by atoms with Crippen molar-refractivity contribution in [2.75, 3.05) is 6.61 Å². The van der Waals surface area contributed by atoms with Crippen LogP contribution in [0, 0.1) is 0 Å². The Morgan fingerprint density at radius 1 is 1.05 bits per heavy atom. The first-order chi connectivity index (χ1) is 9.60. The maximum atomic E-state index is 5.88. The number of halogens is 1. The first kappa shape index (κ1) is 14.9. The van der Waals surface area contributed by atoms with Crippen molar-refractivity contribution < 1.29 is 9.47 Å². The van der Waals surface area contributed by atoms with Crippen LogP contribution in [0.4, 0.5) is 0 Å². The average molecular weight is 336 g/mol. The average Bonchev–Trinajstić information content (AvgIpc) is 2.41. The summed E-state index contributed by atoms with van der Waals surface area (Å²) in [6, 6.07) is 13.4. The summed E-state index contributed by atoms with van der Waals surface area (Å²) in [4.78, 5) is 0. The molecule has 0 aliphatic heterocycles. The fraction of sp³-hybridized carbons (Fsp3) is 0.250. The molecule has 0 amide bonds. The minimum atomic E-state index is -0.0103. The Balaban J connectivity index is 2.11. The molecule has 0 aliphatic carbocycles. The summed E-state index contributed by atoms with van der Waals surface area (Å²) < 4.78 is 12.2. The maximum absolute atomic E-state index is 5.88. The standard InChI is InChI=1S/C16H18BrNO2/c1-3-19-12-4-6-13(7-5-12)20-14-8-9-15(11(2)18)16(17)10-14/h4-11H,3,18H2,1-2H3. The SMILES string of the molecule is CCOc1ccc(Oc2ccc(C(C)N)c(Br)c2)cc1. The van der Waals surface area contributed by atoms with E-state index in [1.807, 2.05) is 56.3 Å². The molecule has 2 rings (SSSR count). The van der Waals surface area contributed by atoms with E-state index in [0.29, 0.717) is 6.61 Å². The highest BCUT2D eigenvalue weighted by Crippen LogP contribution is 2.30. The molecule has 106 valence electrons. The van der Waals surface area contributed by atoms with Gasteiger partial charge in [0.05, 0.1) is 6.61 Å². The van der Waals surface area contributed by atoms with Gasteiger partial charge in [0.2, 0.25) is 0 Å². The first-order valence-electron chi connectivity index (χ1n) is 6.56. The molecule has 3 nitrogen and oxygen atoms in total. The van der Waals surface area contributed by atoms with Crippen LogP contribution in [0.5, 0.6) is 17.2 Å². The van der Waals surface area contributed by atoms with E-state index in [4.69, 9.17) is 15.2 Å². The largest absolute Gasteiger partial charge is 0.494 e. The van der Waals surface area contributed by atoms with E-state index in [1.54, 1.807) is 0 Å². The topological polar surface area (TPSA) is 44.5 Å². The minimum absolute atomic E-state index is 0.0103. The molecule has 0 saturated carbocycles.